The quantitative estimate of drug-likeness (QED) is 0.560. The summed E-state index contributed by atoms with van der Waals surface area (Å²) in [4.78, 5) is 0. The van der Waals surface area contributed by atoms with Crippen LogP contribution < -0.4 is 0 Å². The Kier molecular flexibility index (Phi) is 4.87. The van der Waals surface area contributed by atoms with E-state index in [1.54, 1.807) is 0 Å². The normalized spacial score (nSPS) is 35.3. The Labute approximate surface area is 110 Å². The third-order valence-electron chi connectivity index (χ3n) is 3.13. The fraction of sp³-hybridized carbons (Fsp3) is 0.538. The van der Waals surface area contributed by atoms with Crippen molar-refractivity contribution in [3.8, 4) is 0 Å². The van der Waals surface area contributed by atoms with Crippen molar-refractivity contribution >= 4 is 0 Å². The Morgan fingerprint density at radius 1 is 1.05 bits per heavy atom. The van der Waals surface area contributed by atoms with Crippen LogP contribution in [0.4, 0.5) is 0 Å². The smallest absolute Gasteiger partial charge is 0.184 e. The highest BCUT2D eigenvalue weighted by molar-refractivity contribution is 5.13. The second-order valence-electron chi connectivity index (χ2n) is 4.49. The molecule has 1 aliphatic heterocycles. The zero-order valence-electron chi connectivity index (χ0n) is 10.3. The van der Waals surface area contributed by atoms with E-state index in [0.717, 1.165) is 5.56 Å². The summed E-state index contributed by atoms with van der Waals surface area (Å²) in [6.07, 6.45) is -6.03. The van der Waals surface area contributed by atoms with Gasteiger partial charge in [-0.15, -0.1) is 0 Å². The van der Waals surface area contributed by atoms with Crippen LogP contribution in [0.15, 0.2) is 30.3 Å². The molecule has 4 N–H and O–H groups in total. The summed E-state index contributed by atoms with van der Waals surface area (Å²) in [6.45, 7) is -0.277. The number of hydrogen-bond acceptors (Lipinski definition) is 6. The lowest BCUT2D eigenvalue weighted by Crippen LogP contribution is -2.59. The van der Waals surface area contributed by atoms with Gasteiger partial charge in [0, 0.05) is 0 Å². The molecule has 0 spiro atoms. The second-order valence-corrected chi connectivity index (χ2v) is 4.49. The van der Waals surface area contributed by atoms with Gasteiger partial charge in [-0.05, 0) is 5.56 Å². The molecule has 1 saturated heterocycles. The van der Waals surface area contributed by atoms with E-state index in [4.69, 9.17) is 14.6 Å². The van der Waals surface area contributed by atoms with Crippen molar-refractivity contribution in [3.05, 3.63) is 35.9 Å². The van der Waals surface area contributed by atoms with E-state index in [2.05, 4.69) is 0 Å². The molecule has 1 heterocycles. The Bertz CT molecular complexity index is 384. The monoisotopic (exact) mass is 270 g/mol. The molecule has 2 rings (SSSR count). The third-order valence-corrected chi connectivity index (χ3v) is 3.13. The van der Waals surface area contributed by atoms with Crippen molar-refractivity contribution in [1.82, 2.24) is 0 Å². The largest absolute Gasteiger partial charge is 0.394 e. The number of hydrogen-bond donors (Lipinski definition) is 4. The summed E-state index contributed by atoms with van der Waals surface area (Å²) in [6, 6.07) is 9.26. The van der Waals surface area contributed by atoms with Gasteiger partial charge in [-0.2, -0.15) is 0 Å². The first-order chi connectivity index (χ1) is 9.13. The molecular formula is C13H18O6. The van der Waals surface area contributed by atoms with Gasteiger partial charge >= 0.3 is 0 Å². The Morgan fingerprint density at radius 2 is 1.74 bits per heavy atom. The molecule has 0 radical (unpaired) electrons. The van der Waals surface area contributed by atoms with Gasteiger partial charge in [0.15, 0.2) is 6.29 Å². The zero-order chi connectivity index (χ0) is 13.8. The van der Waals surface area contributed by atoms with Gasteiger partial charge in [-0.25, -0.2) is 0 Å². The van der Waals surface area contributed by atoms with Gasteiger partial charge in [0.25, 0.3) is 0 Å². The minimum atomic E-state index is -1.48. The van der Waals surface area contributed by atoms with Crippen molar-refractivity contribution in [2.75, 3.05) is 6.61 Å². The molecule has 1 aromatic rings. The molecule has 6 nitrogen and oxygen atoms in total. The lowest BCUT2D eigenvalue weighted by molar-refractivity contribution is -0.296. The van der Waals surface area contributed by atoms with Crippen molar-refractivity contribution in [2.45, 2.75) is 37.3 Å². The molecule has 0 unspecified atom stereocenters. The van der Waals surface area contributed by atoms with Crippen molar-refractivity contribution in [3.63, 3.8) is 0 Å². The first kappa shape index (κ1) is 14.4. The topological polar surface area (TPSA) is 99.4 Å². The summed E-state index contributed by atoms with van der Waals surface area (Å²) in [7, 11) is 0. The minimum absolute atomic E-state index is 0.185. The fourth-order valence-electron chi connectivity index (χ4n) is 2.03. The van der Waals surface area contributed by atoms with Gasteiger partial charge in [0.1, 0.15) is 24.4 Å². The lowest BCUT2D eigenvalue weighted by Gasteiger charge is -2.39. The van der Waals surface area contributed by atoms with Crippen LogP contribution in [0.2, 0.25) is 0 Å². The Balaban J connectivity index is 2.00. The molecule has 6 heteroatoms. The van der Waals surface area contributed by atoms with Gasteiger partial charge in [-0.1, -0.05) is 30.3 Å². The molecule has 106 valence electrons. The van der Waals surface area contributed by atoms with E-state index in [-0.39, 0.29) is 6.61 Å². The first-order valence-electron chi connectivity index (χ1n) is 6.09. The van der Waals surface area contributed by atoms with Crippen LogP contribution in [-0.2, 0) is 16.1 Å². The SMILES string of the molecule is OC[C@@H]1O[C@@H](O)[C@@H](O)[C@@H](OCc2ccccc2)[C@@H]1O. The van der Waals surface area contributed by atoms with E-state index in [9.17, 15) is 15.3 Å². The van der Waals surface area contributed by atoms with Crippen LogP contribution in [0, 0.1) is 0 Å². The molecule has 0 aromatic heterocycles. The Morgan fingerprint density at radius 3 is 2.37 bits per heavy atom. The number of aliphatic hydroxyl groups is 4. The van der Waals surface area contributed by atoms with Crippen LogP contribution in [0.3, 0.4) is 0 Å². The van der Waals surface area contributed by atoms with Crippen LogP contribution >= 0.6 is 0 Å². The van der Waals surface area contributed by atoms with Gasteiger partial charge in [-0.3, -0.25) is 0 Å². The predicted octanol–water partition coefficient (Wildman–Crippen LogP) is -0.997. The molecular weight excluding hydrogens is 252 g/mol. The predicted molar refractivity (Wildman–Crippen MR) is 65.0 cm³/mol. The molecule has 0 aliphatic carbocycles. The van der Waals surface area contributed by atoms with Gasteiger partial charge < -0.3 is 29.9 Å². The van der Waals surface area contributed by atoms with Crippen LogP contribution in [0.25, 0.3) is 0 Å². The molecule has 1 fully saturated rings. The first-order valence-corrected chi connectivity index (χ1v) is 6.09. The summed E-state index contributed by atoms with van der Waals surface area (Å²) < 4.78 is 10.3. The van der Waals surface area contributed by atoms with Crippen molar-refractivity contribution in [2.24, 2.45) is 0 Å². The van der Waals surface area contributed by atoms with Gasteiger partial charge in [0.2, 0.25) is 0 Å². The van der Waals surface area contributed by atoms with Gasteiger partial charge in [0.05, 0.1) is 13.2 Å². The molecule has 0 saturated carbocycles. The van der Waals surface area contributed by atoms with Crippen LogP contribution in [-0.4, -0.2) is 57.7 Å². The highest BCUT2D eigenvalue weighted by atomic mass is 16.6. The summed E-state index contributed by atoms with van der Waals surface area (Å²) in [5.41, 5.74) is 0.878. The molecule has 0 amide bonds. The zero-order valence-corrected chi connectivity index (χ0v) is 10.3. The molecule has 19 heavy (non-hydrogen) atoms. The maximum atomic E-state index is 9.91. The number of benzene rings is 1. The molecule has 1 aromatic carbocycles. The van der Waals surface area contributed by atoms with Crippen molar-refractivity contribution < 1.29 is 29.9 Å². The van der Waals surface area contributed by atoms with E-state index in [0.29, 0.717) is 0 Å². The summed E-state index contributed by atoms with van der Waals surface area (Å²) in [5, 5.41) is 38.2. The lowest BCUT2D eigenvalue weighted by atomic mass is 9.99. The average molecular weight is 270 g/mol. The second kappa shape index (κ2) is 6.42. The molecule has 5 atom stereocenters. The fourth-order valence-corrected chi connectivity index (χ4v) is 2.03. The molecule has 1 aliphatic rings. The maximum Gasteiger partial charge on any atom is 0.184 e. The maximum absolute atomic E-state index is 9.91. The third kappa shape index (κ3) is 3.30. The summed E-state index contributed by atoms with van der Waals surface area (Å²) >= 11 is 0. The number of aliphatic hydroxyl groups excluding tert-OH is 4. The van der Waals surface area contributed by atoms with E-state index in [1.165, 1.54) is 0 Å². The van der Waals surface area contributed by atoms with Crippen LogP contribution in [0.5, 0.6) is 0 Å². The van der Waals surface area contributed by atoms with Crippen LogP contribution in [0.1, 0.15) is 5.56 Å². The Hall–Kier alpha value is -1.02. The number of rotatable bonds is 4. The summed E-state index contributed by atoms with van der Waals surface area (Å²) in [5.74, 6) is 0. The molecule has 0 bridgehead atoms. The highest BCUT2D eigenvalue weighted by Gasteiger charge is 2.44. The number of ether oxygens (including phenoxy) is 2. The standard InChI is InChI=1S/C13H18O6/c14-6-9-10(15)12(11(16)13(17)19-9)18-7-8-4-2-1-3-5-8/h1-5,9-17H,6-7H2/t9-,10+,11-,12-,13+/m0/s1. The van der Waals surface area contributed by atoms with E-state index >= 15 is 0 Å². The van der Waals surface area contributed by atoms with E-state index < -0.39 is 37.3 Å². The highest BCUT2D eigenvalue weighted by Crippen LogP contribution is 2.23. The minimum Gasteiger partial charge on any atom is -0.394 e. The van der Waals surface area contributed by atoms with E-state index in [1.807, 2.05) is 30.3 Å². The average Bonchev–Trinajstić information content (AvgIpc) is 2.44. The van der Waals surface area contributed by atoms with Crippen molar-refractivity contribution in [1.29, 1.82) is 0 Å².